The van der Waals surface area contributed by atoms with Crippen molar-refractivity contribution >= 4 is 29.9 Å². The largest absolute Gasteiger partial charge is 0.496 e. The van der Waals surface area contributed by atoms with Crippen molar-refractivity contribution in [1.82, 2.24) is 10.6 Å². The molecule has 2 N–H and O–H groups in total. The number of aliphatic imine (C=N–C) groups is 1. The first-order chi connectivity index (χ1) is 10.6. The fourth-order valence-corrected chi connectivity index (χ4v) is 2.75. The van der Waals surface area contributed by atoms with Crippen LogP contribution in [0.2, 0.25) is 0 Å². The zero-order valence-electron chi connectivity index (χ0n) is 14.4. The third kappa shape index (κ3) is 5.24. The molecule has 2 rings (SSSR count). The molecule has 1 fully saturated rings. The summed E-state index contributed by atoms with van der Waals surface area (Å²) in [5, 5.41) is 6.77. The monoisotopic (exact) mass is 433 g/mol. The molecular weight excluding hydrogens is 405 g/mol. The summed E-state index contributed by atoms with van der Waals surface area (Å²) in [7, 11) is 5.22. The van der Waals surface area contributed by atoms with Crippen LogP contribution in [0.4, 0.5) is 0 Å². The van der Waals surface area contributed by atoms with Crippen LogP contribution in [0.15, 0.2) is 29.3 Å². The van der Waals surface area contributed by atoms with Crippen LogP contribution < -0.4 is 15.4 Å². The summed E-state index contributed by atoms with van der Waals surface area (Å²) in [6.07, 6.45) is 2.34. The molecule has 5 nitrogen and oxygen atoms in total. The van der Waals surface area contributed by atoms with Crippen molar-refractivity contribution in [3.63, 3.8) is 0 Å². The van der Waals surface area contributed by atoms with Crippen molar-refractivity contribution in [3.05, 3.63) is 29.8 Å². The van der Waals surface area contributed by atoms with Gasteiger partial charge in [-0.05, 0) is 25.8 Å². The first-order valence-corrected chi connectivity index (χ1v) is 7.75. The van der Waals surface area contributed by atoms with Gasteiger partial charge in [0.15, 0.2) is 5.96 Å². The van der Waals surface area contributed by atoms with E-state index in [9.17, 15) is 0 Å². The van der Waals surface area contributed by atoms with E-state index >= 15 is 0 Å². The number of hydrogen-bond donors (Lipinski definition) is 2. The number of hydrogen-bond acceptors (Lipinski definition) is 3. The minimum Gasteiger partial charge on any atom is -0.496 e. The van der Waals surface area contributed by atoms with Crippen molar-refractivity contribution in [3.8, 4) is 5.75 Å². The quantitative estimate of drug-likeness (QED) is 0.394. The van der Waals surface area contributed by atoms with Crippen molar-refractivity contribution in [2.24, 2.45) is 4.99 Å². The molecule has 130 valence electrons. The van der Waals surface area contributed by atoms with Crippen LogP contribution in [-0.2, 0) is 10.2 Å². The van der Waals surface area contributed by atoms with E-state index in [4.69, 9.17) is 9.47 Å². The van der Waals surface area contributed by atoms with Crippen LogP contribution in [0, 0.1) is 0 Å². The molecule has 0 saturated heterocycles. The van der Waals surface area contributed by atoms with E-state index in [0.29, 0.717) is 6.61 Å². The molecule has 1 atom stereocenters. The Hall–Kier alpha value is -1.02. The number of ether oxygens (including phenoxy) is 2. The Kier molecular flexibility index (Phi) is 8.11. The molecule has 1 saturated carbocycles. The third-order valence-corrected chi connectivity index (χ3v) is 4.15. The van der Waals surface area contributed by atoms with Crippen molar-refractivity contribution in [2.75, 3.05) is 34.4 Å². The van der Waals surface area contributed by atoms with E-state index in [2.05, 4.69) is 34.7 Å². The third-order valence-electron chi connectivity index (χ3n) is 4.15. The van der Waals surface area contributed by atoms with Gasteiger partial charge in [0.2, 0.25) is 0 Å². The molecule has 0 amide bonds. The van der Waals surface area contributed by atoms with Crippen LogP contribution in [-0.4, -0.2) is 46.4 Å². The Labute approximate surface area is 156 Å². The van der Waals surface area contributed by atoms with E-state index in [1.54, 1.807) is 21.3 Å². The predicted octanol–water partition coefficient (Wildman–Crippen LogP) is 2.54. The summed E-state index contributed by atoms with van der Waals surface area (Å²) < 4.78 is 10.7. The van der Waals surface area contributed by atoms with E-state index in [0.717, 1.165) is 18.3 Å². The topological polar surface area (TPSA) is 54.9 Å². The lowest BCUT2D eigenvalue weighted by Gasteiger charge is -2.22. The minimum atomic E-state index is 0. The smallest absolute Gasteiger partial charge is 0.191 e. The van der Waals surface area contributed by atoms with Crippen LogP contribution in [0.25, 0.3) is 0 Å². The Morgan fingerprint density at radius 3 is 2.57 bits per heavy atom. The second kappa shape index (κ2) is 9.32. The first kappa shape index (κ1) is 20.0. The maximum absolute atomic E-state index is 5.51. The number of methoxy groups -OCH3 is 2. The highest BCUT2D eigenvalue weighted by molar-refractivity contribution is 14.0. The molecule has 0 bridgehead atoms. The van der Waals surface area contributed by atoms with Crippen molar-refractivity contribution < 1.29 is 9.47 Å². The Balaban J connectivity index is 0.00000264. The lowest BCUT2D eigenvalue weighted by molar-refractivity contribution is 0.179. The highest BCUT2D eigenvalue weighted by Gasteiger charge is 2.46. The maximum atomic E-state index is 5.51. The zero-order chi connectivity index (χ0) is 16.0. The molecule has 1 aliphatic rings. The number of para-hydroxylation sites is 1. The zero-order valence-corrected chi connectivity index (χ0v) is 16.7. The molecule has 23 heavy (non-hydrogen) atoms. The first-order valence-electron chi connectivity index (χ1n) is 7.75. The summed E-state index contributed by atoms with van der Waals surface area (Å²) in [5.41, 5.74) is 1.44. The number of rotatable bonds is 7. The van der Waals surface area contributed by atoms with E-state index in [-0.39, 0.29) is 35.4 Å². The molecule has 0 aromatic heterocycles. The van der Waals surface area contributed by atoms with E-state index in [1.165, 1.54) is 18.4 Å². The number of nitrogens with one attached hydrogen (secondary N) is 2. The number of nitrogens with zero attached hydrogens (tertiary/aromatic N) is 1. The van der Waals surface area contributed by atoms with Crippen LogP contribution in [0.3, 0.4) is 0 Å². The van der Waals surface area contributed by atoms with Crippen molar-refractivity contribution in [1.29, 1.82) is 0 Å². The van der Waals surface area contributed by atoms with Gasteiger partial charge in [-0.2, -0.15) is 0 Å². The van der Waals surface area contributed by atoms with Gasteiger partial charge < -0.3 is 20.1 Å². The molecule has 1 aromatic carbocycles. The van der Waals surface area contributed by atoms with Gasteiger partial charge in [0.1, 0.15) is 5.75 Å². The summed E-state index contributed by atoms with van der Waals surface area (Å²) in [6, 6.07) is 8.50. The van der Waals surface area contributed by atoms with Gasteiger partial charge in [-0.3, -0.25) is 4.99 Å². The fourth-order valence-electron chi connectivity index (χ4n) is 2.75. The predicted molar refractivity (Wildman–Crippen MR) is 105 cm³/mol. The van der Waals surface area contributed by atoms with Gasteiger partial charge >= 0.3 is 0 Å². The van der Waals surface area contributed by atoms with E-state index < -0.39 is 0 Å². The molecule has 1 aromatic rings. The second-order valence-electron chi connectivity index (χ2n) is 5.91. The number of benzene rings is 1. The van der Waals surface area contributed by atoms with Crippen LogP contribution in [0.1, 0.15) is 25.3 Å². The summed E-state index contributed by atoms with van der Waals surface area (Å²) in [6.45, 7) is 3.58. The Morgan fingerprint density at radius 1 is 1.30 bits per heavy atom. The Morgan fingerprint density at radius 2 is 2.00 bits per heavy atom. The lowest BCUT2D eigenvalue weighted by atomic mass is 9.95. The molecular formula is C17H28IN3O2. The van der Waals surface area contributed by atoms with Crippen LogP contribution in [0.5, 0.6) is 5.75 Å². The van der Waals surface area contributed by atoms with Gasteiger partial charge in [0.25, 0.3) is 0 Å². The number of guanidine groups is 1. The van der Waals surface area contributed by atoms with Gasteiger partial charge in [-0.25, -0.2) is 0 Å². The molecule has 6 heteroatoms. The summed E-state index contributed by atoms with van der Waals surface area (Å²) in [5.74, 6) is 1.78. The number of halogens is 1. The van der Waals surface area contributed by atoms with E-state index in [1.807, 2.05) is 12.1 Å². The normalized spacial score (nSPS) is 17.0. The maximum Gasteiger partial charge on any atom is 0.191 e. The summed E-state index contributed by atoms with van der Waals surface area (Å²) >= 11 is 0. The molecule has 0 aliphatic heterocycles. The standard InChI is InChI=1S/C17H27N3O2.HI/c1-13(11-21-3)20-16(18-2)19-12-17(9-10-17)14-7-5-6-8-15(14)22-4;/h5-8,13H,9-12H2,1-4H3,(H2,18,19,20);1H. The van der Waals surface area contributed by atoms with Gasteiger partial charge in [-0.15, -0.1) is 24.0 Å². The molecule has 0 radical (unpaired) electrons. The average molecular weight is 433 g/mol. The highest BCUT2D eigenvalue weighted by atomic mass is 127. The molecule has 0 spiro atoms. The molecule has 0 heterocycles. The second-order valence-corrected chi connectivity index (χ2v) is 5.91. The SMILES string of the molecule is CN=C(NCC1(c2ccccc2OC)CC1)NC(C)COC.I. The van der Waals surface area contributed by atoms with Gasteiger partial charge in [0, 0.05) is 37.7 Å². The molecule has 1 unspecified atom stereocenters. The highest BCUT2D eigenvalue weighted by Crippen LogP contribution is 2.50. The van der Waals surface area contributed by atoms with Gasteiger partial charge in [0.05, 0.1) is 13.7 Å². The minimum absolute atomic E-state index is 0. The average Bonchev–Trinajstić information content (AvgIpc) is 3.32. The van der Waals surface area contributed by atoms with Crippen LogP contribution >= 0.6 is 24.0 Å². The van der Waals surface area contributed by atoms with Gasteiger partial charge in [-0.1, -0.05) is 18.2 Å². The van der Waals surface area contributed by atoms with Crippen molar-refractivity contribution in [2.45, 2.75) is 31.2 Å². The fraction of sp³-hybridized carbons (Fsp3) is 0.588. The lowest BCUT2D eigenvalue weighted by Crippen LogP contribution is -2.46. The summed E-state index contributed by atoms with van der Waals surface area (Å²) in [4.78, 5) is 4.28. The molecule has 1 aliphatic carbocycles. The Bertz CT molecular complexity index is 518.